The maximum atomic E-state index is 12.3. The second kappa shape index (κ2) is 11.4. The second-order valence-electron chi connectivity index (χ2n) is 6.32. The van der Waals surface area contributed by atoms with Crippen molar-refractivity contribution in [2.24, 2.45) is 0 Å². The Morgan fingerprint density at radius 1 is 1.03 bits per heavy atom. The molecule has 2 N–H and O–H groups in total. The van der Waals surface area contributed by atoms with E-state index in [1.165, 1.54) is 30.3 Å². The van der Waals surface area contributed by atoms with E-state index < -0.39 is 10.0 Å². The van der Waals surface area contributed by atoms with E-state index in [4.69, 9.17) is 9.47 Å². The van der Waals surface area contributed by atoms with Gasteiger partial charge in [0.25, 0.3) is 5.91 Å². The molecule has 0 bridgehead atoms. The molecule has 8 heteroatoms. The molecule has 2 aromatic carbocycles. The van der Waals surface area contributed by atoms with Crippen molar-refractivity contribution >= 4 is 15.9 Å². The monoisotopic (exact) mass is 432 g/mol. The zero-order chi connectivity index (χ0) is 22.0. The van der Waals surface area contributed by atoms with Gasteiger partial charge in [0.05, 0.1) is 18.1 Å². The topological polar surface area (TPSA) is 93.7 Å². The molecule has 0 spiro atoms. The minimum absolute atomic E-state index is 0.0961. The summed E-state index contributed by atoms with van der Waals surface area (Å²) in [5.74, 6) is 1.11. The van der Waals surface area contributed by atoms with Crippen molar-refractivity contribution in [2.75, 3.05) is 26.3 Å². The van der Waals surface area contributed by atoms with Crippen molar-refractivity contribution in [3.63, 3.8) is 0 Å². The van der Waals surface area contributed by atoms with Crippen LogP contribution >= 0.6 is 0 Å². The highest BCUT2D eigenvalue weighted by molar-refractivity contribution is 7.89. The van der Waals surface area contributed by atoms with E-state index in [1.54, 1.807) is 0 Å². The SMILES string of the molecule is C=CCNS(=O)(=O)c1ccc(C(=O)NCCc2ccc(OCC)c(OCC)c2)cc1. The number of carbonyl (C=O) groups excluding carboxylic acids is 1. The molecule has 1 amide bonds. The van der Waals surface area contributed by atoms with Crippen LogP contribution in [0, 0.1) is 0 Å². The first-order chi connectivity index (χ1) is 14.4. The minimum atomic E-state index is -3.61. The fraction of sp³-hybridized carbons (Fsp3) is 0.318. The number of rotatable bonds is 12. The average Bonchev–Trinajstić information content (AvgIpc) is 2.74. The van der Waals surface area contributed by atoms with Crippen molar-refractivity contribution in [3.05, 3.63) is 66.2 Å². The summed E-state index contributed by atoms with van der Waals surface area (Å²) in [5.41, 5.74) is 1.40. The number of benzene rings is 2. The second-order valence-corrected chi connectivity index (χ2v) is 8.08. The van der Waals surface area contributed by atoms with E-state index in [2.05, 4.69) is 16.6 Å². The van der Waals surface area contributed by atoms with Crippen LogP contribution in [0.4, 0.5) is 0 Å². The van der Waals surface area contributed by atoms with Gasteiger partial charge in [0.2, 0.25) is 10.0 Å². The molecule has 2 aromatic rings. The Morgan fingerprint density at radius 2 is 1.70 bits per heavy atom. The molecular weight excluding hydrogens is 404 g/mol. The van der Waals surface area contributed by atoms with Crippen LogP contribution in [0.5, 0.6) is 11.5 Å². The lowest BCUT2D eigenvalue weighted by atomic mass is 10.1. The van der Waals surface area contributed by atoms with Crippen LogP contribution in [0.1, 0.15) is 29.8 Å². The van der Waals surface area contributed by atoms with Gasteiger partial charge >= 0.3 is 0 Å². The molecule has 0 saturated heterocycles. The van der Waals surface area contributed by atoms with Gasteiger partial charge in [-0.05, 0) is 62.2 Å². The number of hydrogen-bond acceptors (Lipinski definition) is 5. The summed E-state index contributed by atoms with van der Waals surface area (Å²) in [6, 6.07) is 11.5. The molecule has 7 nitrogen and oxygen atoms in total. The Bertz CT molecular complexity index is 956. The van der Waals surface area contributed by atoms with E-state index in [9.17, 15) is 13.2 Å². The summed E-state index contributed by atoms with van der Waals surface area (Å²) >= 11 is 0. The number of amides is 1. The zero-order valence-corrected chi connectivity index (χ0v) is 18.1. The number of hydrogen-bond donors (Lipinski definition) is 2. The Labute approximate surface area is 178 Å². The molecule has 0 heterocycles. The smallest absolute Gasteiger partial charge is 0.251 e. The molecule has 0 unspecified atom stereocenters. The lowest BCUT2D eigenvalue weighted by molar-refractivity contribution is 0.0954. The number of ether oxygens (including phenoxy) is 2. The fourth-order valence-corrected chi connectivity index (χ4v) is 3.71. The number of sulfonamides is 1. The van der Waals surface area contributed by atoms with Gasteiger partial charge in [-0.3, -0.25) is 4.79 Å². The van der Waals surface area contributed by atoms with Crippen LogP contribution in [0.25, 0.3) is 0 Å². The molecule has 162 valence electrons. The minimum Gasteiger partial charge on any atom is -0.490 e. The molecule has 0 fully saturated rings. The predicted octanol–water partition coefficient (Wildman–Crippen LogP) is 2.92. The third-order valence-electron chi connectivity index (χ3n) is 4.15. The summed E-state index contributed by atoms with van der Waals surface area (Å²) in [6.45, 7) is 8.97. The summed E-state index contributed by atoms with van der Waals surface area (Å²) in [4.78, 5) is 12.4. The zero-order valence-electron chi connectivity index (χ0n) is 17.3. The van der Waals surface area contributed by atoms with Crippen molar-refractivity contribution < 1.29 is 22.7 Å². The standard InChI is InChI=1S/C22H28N2O5S/c1-4-14-24-30(26,27)19-10-8-18(9-11-19)22(25)23-15-13-17-7-12-20(28-5-2)21(16-17)29-6-3/h4,7-12,16,24H,1,5-6,13-15H2,2-3H3,(H,23,25). The lowest BCUT2D eigenvalue weighted by Gasteiger charge is -2.12. The predicted molar refractivity (Wildman–Crippen MR) is 117 cm³/mol. The van der Waals surface area contributed by atoms with Crippen LogP contribution in [-0.2, 0) is 16.4 Å². The van der Waals surface area contributed by atoms with Crippen LogP contribution in [0.2, 0.25) is 0 Å². The molecule has 0 aliphatic carbocycles. The first-order valence-corrected chi connectivity index (χ1v) is 11.3. The number of nitrogens with one attached hydrogen (secondary N) is 2. The van der Waals surface area contributed by atoms with Gasteiger partial charge in [0, 0.05) is 18.7 Å². The van der Waals surface area contributed by atoms with E-state index in [0.717, 1.165) is 5.56 Å². The summed E-state index contributed by atoms with van der Waals surface area (Å²) in [7, 11) is -3.61. The summed E-state index contributed by atoms with van der Waals surface area (Å²) in [6.07, 6.45) is 2.08. The van der Waals surface area contributed by atoms with E-state index in [1.807, 2.05) is 32.0 Å². The molecular formula is C22H28N2O5S. The Kier molecular flexibility index (Phi) is 8.89. The van der Waals surface area contributed by atoms with E-state index in [-0.39, 0.29) is 17.3 Å². The molecule has 0 aliphatic heterocycles. The van der Waals surface area contributed by atoms with Crippen LogP contribution in [0.3, 0.4) is 0 Å². The van der Waals surface area contributed by atoms with E-state index in [0.29, 0.717) is 43.2 Å². The van der Waals surface area contributed by atoms with Crippen LogP contribution in [-0.4, -0.2) is 40.6 Å². The number of carbonyl (C=O) groups is 1. The summed E-state index contributed by atoms with van der Waals surface area (Å²) < 4.78 is 37.7. The van der Waals surface area contributed by atoms with Gasteiger partial charge in [-0.1, -0.05) is 12.1 Å². The van der Waals surface area contributed by atoms with Gasteiger partial charge in [-0.2, -0.15) is 0 Å². The summed E-state index contributed by atoms with van der Waals surface area (Å²) in [5, 5.41) is 2.84. The molecule has 0 aliphatic rings. The molecule has 0 saturated carbocycles. The maximum absolute atomic E-state index is 12.3. The molecule has 0 radical (unpaired) electrons. The van der Waals surface area contributed by atoms with Crippen LogP contribution < -0.4 is 19.5 Å². The first kappa shape index (κ1) is 23.4. The van der Waals surface area contributed by atoms with Gasteiger partial charge in [-0.25, -0.2) is 13.1 Å². The molecule has 2 rings (SSSR count). The maximum Gasteiger partial charge on any atom is 0.251 e. The fourth-order valence-electron chi connectivity index (χ4n) is 2.71. The van der Waals surface area contributed by atoms with Gasteiger partial charge < -0.3 is 14.8 Å². The quantitative estimate of drug-likeness (QED) is 0.503. The molecule has 0 atom stereocenters. The Morgan fingerprint density at radius 3 is 2.33 bits per heavy atom. The highest BCUT2D eigenvalue weighted by Crippen LogP contribution is 2.28. The Balaban J connectivity index is 1.94. The highest BCUT2D eigenvalue weighted by Gasteiger charge is 2.14. The van der Waals surface area contributed by atoms with Gasteiger partial charge in [0.15, 0.2) is 11.5 Å². The third-order valence-corrected chi connectivity index (χ3v) is 5.59. The largest absolute Gasteiger partial charge is 0.490 e. The Hall–Kier alpha value is -2.84. The average molecular weight is 433 g/mol. The van der Waals surface area contributed by atoms with Gasteiger partial charge in [-0.15, -0.1) is 6.58 Å². The van der Waals surface area contributed by atoms with Gasteiger partial charge in [0.1, 0.15) is 0 Å². The molecule has 30 heavy (non-hydrogen) atoms. The van der Waals surface area contributed by atoms with Crippen molar-refractivity contribution in [3.8, 4) is 11.5 Å². The van der Waals surface area contributed by atoms with Crippen molar-refractivity contribution in [1.82, 2.24) is 10.0 Å². The highest BCUT2D eigenvalue weighted by atomic mass is 32.2. The first-order valence-electron chi connectivity index (χ1n) is 9.78. The van der Waals surface area contributed by atoms with Crippen molar-refractivity contribution in [2.45, 2.75) is 25.2 Å². The lowest BCUT2D eigenvalue weighted by Crippen LogP contribution is -2.26. The van der Waals surface area contributed by atoms with Crippen molar-refractivity contribution in [1.29, 1.82) is 0 Å². The molecule has 0 aromatic heterocycles. The van der Waals surface area contributed by atoms with Crippen LogP contribution in [0.15, 0.2) is 60.0 Å². The third kappa shape index (κ3) is 6.60. The normalized spacial score (nSPS) is 11.0. The van der Waals surface area contributed by atoms with E-state index >= 15 is 0 Å².